The molecule has 3 aliphatic rings. The summed E-state index contributed by atoms with van der Waals surface area (Å²) in [5.41, 5.74) is 17.6. The lowest BCUT2D eigenvalue weighted by Gasteiger charge is -2.29. The second kappa shape index (κ2) is 14.0. The van der Waals surface area contributed by atoms with Crippen LogP contribution in [0, 0.1) is 5.92 Å². The summed E-state index contributed by atoms with van der Waals surface area (Å²) < 4.78 is 0. The summed E-state index contributed by atoms with van der Waals surface area (Å²) >= 11 is 0. The molecule has 0 aliphatic heterocycles. The number of fused-ring (bicyclic) bond motifs is 2. The quantitative estimate of drug-likeness (QED) is 0.156. The SMILES string of the molecule is CC1C=C(c2ccc(N(c3ccc(-c4ccc(N(c5ccccc5)c5ccccc5)cc4)cc3)c3ccc4c(c3)C(C)(C)C3=C4CCC=C3)cc2)C=CC1. The Morgan fingerprint density at radius 1 is 0.519 bits per heavy atom. The molecular weight excluding hydrogens is 653 g/mol. The maximum atomic E-state index is 2.45. The predicted molar refractivity (Wildman–Crippen MR) is 230 cm³/mol. The van der Waals surface area contributed by atoms with E-state index in [4.69, 9.17) is 0 Å². The van der Waals surface area contributed by atoms with Crippen LogP contribution < -0.4 is 9.80 Å². The minimum absolute atomic E-state index is 0.0315. The summed E-state index contributed by atoms with van der Waals surface area (Å²) in [6.45, 7) is 7.07. The molecule has 264 valence electrons. The van der Waals surface area contributed by atoms with Crippen molar-refractivity contribution in [3.05, 3.63) is 204 Å². The molecule has 6 aromatic carbocycles. The molecule has 2 nitrogen and oxygen atoms in total. The molecule has 0 spiro atoms. The molecule has 0 N–H and O–H groups in total. The highest BCUT2D eigenvalue weighted by Crippen LogP contribution is 2.51. The standard InChI is InChI=1S/C52H46N2/c1-37-13-12-14-41(35-37)40-25-31-46(32-26-40)54(47-33-34-49-48-19-10-11-20-50(48)52(2,3)51(49)36-47)45-29-23-39(24-30-45)38-21-27-44(28-22-38)53(42-15-6-4-7-16-42)43-17-8-5-9-18-43/h4-9,11-12,14-18,20-37H,10,13,19H2,1-3H3. The van der Waals surface area contributed by atoms with Gasteiger partial charge in [-0.3, -0.25) is 0 Å². The summed E-state index contributed by atoms with van der Waals surface area (Å²) in [6.07, 6.45) is 15.0. The number of hydrogen-bond acceptors (Lipinski definition) is 2. The summed E-state index contributed by atoms with van der Waals surface area (Å²) in [4.78, 5) is 4.73. The van der Waals surface area contributed by atoms with Crippen molar-refractivity contribution in [2.45, 2.75) is 45.4 Å². The maximum absolute atomic E-state index is 2.45. The third-order valence-electron chi connectivity index (χ3n) is 11.4. The van der Waals surface area contributed by atoms with E-state index >= 15 is 0 Å². The fraction of sp³-hybridized carbons (Fsp3) is 0.154. The van der Waals surface area contributed by atoms with Crippen molar-refractivity contribution in [1.29, 1.82) is 0 Å². The number of hydrogen-bond donors (Lipinski definition) is 0. The monoisotopic (exact) mass is 698 g/mol. The number of rotatable bonds is 8. The van der Waals surface area contributed by atoms with E-state index in [2.05, 4.69) is 213 Å². The van der Waals surface area contributed by atoms with Crippen molar-refractivity contribution < 1.29 is 0 Å². The lowest BCUT2D eigenvalue weighted by atomic mass is 9.80. The van der Waals surface area contributed by atoms with Gasteiger partial charge in [0.25, 0.3) is 0 Å². The Labute approximate surface area is 320 Å². The summed E-state index contributed by atoms with van der Waals surface area (Å²) in [6, 6.07) is 55.4. The molecule has 0 saturated carbocycles. The first-order chi connectivity index (χ1) is 26.4. The van der Waals surface area contributed by atoms with E-state index in [-0.39, 0.29) is 5.41 Å². The molecule has 0 aromatic heterocycles. The van der Waals surface area contributed by atoms with E-state index in [9.17, 15) is 0 Å². The average Bonchev–Trinajstić information content (AvgIpc) is 3.45. The van der Waals surface area contributed by atoms with Gasteiger partial charge in [-0.1, -0.05) is 130 Å². The Morgan fingerprint density at radius 2 is 1.02 bits per heavy atom. The predicted octanol–water partition coefficient (Wildman–Crippen LogP) is 14.7. The molecule has 6 aromatic rings. The smallest absolute Gasteiger partial charge is 0.0465 e. The maximum Gasteiger partial charge on any atom is 0.0465 e. The van der Waals surface area contributed by atoms with Gasteiger partial charge in [0.15, 0.2) is 0 Å². The normalized spacial score (nSPS) is 16.8. The van der Waals surface area contributed by atoms with Crippen LogP contribution in [0.15, 0.2) is 188 Å². The van der Waals surface area contributed by atoms with Gasteiger partial charge in [0.1, 0.15) is 0 Å². The topological polar surface area (TPSA) is 6.48 Å². The number of anilines is 6. The van der Waals surface area contributed by atoms with Gasteiger partial charge in [-0.05, 0) is 143 Å². The fourth-order valence-electron chi connectivity index (χ4n) is 8.62. The lowest BCUT2D eigenvalue weighted by Crippen LogP contribution is -2.18. The van der Waals surface area contributed by atoms with Crippen LogP contribution in [0.1, 0.15) is 56.7 Å². The number of nitrogens with zero attached hydrogens (tertiary/aromatic N) is 2. The van der Waals surface area contributed by atoms with Gasteiger partial charge in [-0.2, -0.15) is 0 Å². The van der Waals surface area contributed by atoms with Crippen molar-refractivity contribution in [2.75, 3.05) is 9.80 Å². The van der Waals surface area contributed by atoms with Crippen LogP contribution in [0.25, 0.3) is 22.3 Å². The first kappa shape index (κ1) is 33.7. The van der Waals surface area contributed by atoms with Crippen molar-refractivity contribution in [3.8, 4) is 11.1 Å². The van der Waals surface area contributed by atoms with E-state index in [1.807, 2.05) is 0 Å². The molecule has 1 atom stereocenters. The van der Waals surface area contributed by atoms with Crippen LogP contribution in [0.4, 0.5) is 34.1 Å². The number of benzene rings is 6. The van der Waals surface area contributed by atoms with Gasteiger partial charge in [0, 0.05) is 39.5 Å². The van der Waals surface area contributed by atoms with Crippen LogP contribution >= 0.6 is 0 Å². The molecule has 0 fully saturated rings. The fourth-order valence-corrected chi connectivity index (χ4v) is 8.62. The molecule has 9 rings (SSSR count). The largest absolute Gasteiger partial charge is 0.311 e. The first-order valence-corrected chi connectivity index (χ1v) is 19.4. The summed E-state index contributed by atoms with van der Waals surface area (Å²) in [7, 11) is 0. The van der Waals surface area contributed by atoms with Gasteiger partial charge in [-0.15, -0.1) is 0 Å². The van der Waals surface area contributed by atoms with E-state index < -0.39 is 0 Å². The number of para-hydroxylation sites is 2. The molecule has 54 heavy (non-hydrogen) atoms. The molecule has 1 unspecified atom stereocenters. The van der Waals surface area contributed by atoms with Crippen molar-refractivity contribution >= 4 is 45.3 Å². The van der Waals surface area contributed by atoms with E-state index in [1.165, 1.54) is 50.2 Å². The zero-order chi connectivity index (χ0) is 36.6. The summed E-state index contributed by atoms with van der Waals surface area (Å²) in [5, 5.41) is 0. The first-order valence-electron chi connectivity index (χ1n) is 19.4. The van der Waals surface area contributed by atoms with Gasteiger partial charge in [0.05, 0.1) is 0 Å². The van der Waals surface area contributed by atoms with Gasteiger partial charge < -0.3 is 9.80 Å². The van der Waals surface area contributed by atoms with E-state index in [1.54, 1.807) is 0 Å². The Kier molecular flexibility index (Phi) is 8.75. The Hall–Kier alpha value is -6.12. The third-order valence-corrected chi connectivity index (χ3v) is 11.4. The second-order valence-electron chi connectivity index (χ2n) is 15.4. The highest BCUT2D eigenvalue weighted by molar-refractivity contribution is 5.87. The Balaban J connectivity index is 1.06. The van der Waals surface area contributed by atoms with Crippen molar-refractivity contribution in [3.63, 3.8) is 0 Å². The molecule has 0 saturated heterocycles. The highest BCUT2D eigenvalue weighted by Gasteiger charge is 2.37. The zero-order valence-electron chi connectivity index (χ0n) is 31.4. The van der Waals surface area contributed by atoms with Crippen LogP contribution in [-0.4, -0.2) is 0 Å². The molecule has 0 bridgehead atoms. The van der Waals surface area contributed by atoms with Gasteiger partial charge >= 0.3 is 0 Å². The Bertz CT molecular complexity index is 2370. The summed E-state index contributed by atoms with van der Waals surface area (Å²) in [5.74, 6) is 0.562. The van der Waals surface area contributed by atoms with Gasteiger partial charge in [0.2, 0.25) is 0 Å². The average molecular weight is 699 g/mol. The minimum atomic E-state index is -0.0315. The molecule has 0 radical (unpaired) electrons. The minimum Gasteiger partial charge on any atom is -0.311 e. The lowest BCUT2D eigenvalue weighted by molar-refractivity contribution is 0.651. The Morgan fingerprint density at radius 3 is 1.57 bits per heavy atom. The van der Waals surface area contributed by atoms with Crippen molar-refractivity contribution in [2.24, 2.45) is 5.92 Å². The molecular formula is C52H46N2. The highest BCUT2D eigenvalue weighted by atomic mass is 15.1. The van der Waals surface area contributed by atoms with Crippen LogP contribution in [0.5, 0.6) is 0 Å². The van der Waals surface area contributed by atoms with Crippen LogP contribution in [0.3, 0.4) is 0 Å². The molecule has 0 heterocycles. The van der Waals surface area contributed by atoms with E-state index in [0.717, 1.165) is 47.7 Å². The third kappa shape index (κ3) is 6.22. The zero-order valence-corrected chi connectivity index (χ0v) is 31.4. The second-order valence-corrected chi connectivity index (χ2v) is 15.4. The molecule has 3 aliphatic carbocycles. The number of allylic oxidation sites excluding steroid dienone is 8. The van der Waals surface area contributed by atoms with E-state index in [0.29, 0.717) is 5.92 Å². The van der Waals surface area contributed by atoms with Crippen LogP contribution in [0.2, 0.25) is 0 Å². The van der Waals surface area contributed by atoms with Crippen molar-refractivity contribution in [1.82, 2.24) is 0 Å². The van der Waals surface area contributed by atoms with Gasteiger partial charge in [-0.25, -0.2) is 0 Å². The molecule has 2 heteroatoms. The van der Waals surface area contributed by atoms with Crippen LogP contribution in [-0.2, 0) is 5.41 Å². The molecule has 0 amide bonds.